The number of aliphatic hydroxyl groups excluding tert-OH is 1. The number of hydrogen-bond acceptors (Lipinski definition) is 7. The van der Waals surface area contributed by atoms with Crippen LogP contribution < -0.4 is 10.2 Å². The van der Waals surface area contributed by atoms with Crippen molar-refractivity contribution < 1.29 is 19.3 Å². The van der Waals surface area contributed by atoms with E-state index in [2.05, 4.69) is 15.3 Å². The summed E-state index contributed by atoms with van der Waals surface area (Å²) >= 11 is 0. The van der Waals surface area contributed by atoms with Gasteiger partial charge < -0.3 is 20.4 Å². The number of carbonyl (C=O) groups is 1. The van der Waals surface area contributed by atoms with Gasteiger partial charge in [0, 0.05) is 22.1 Å². The van der Waals surface area contributed by atoms with Crippen LogP contribution in [0.25, 0.3) is 11.3 Å². The van der Waals surface area contributed by atoms with E-state index in [9.17, 15) is 15.0 Å². The monoisotopic (exact) mass is 389 g/mol. The molecule has 1 aliphatic carbocycles. The zero-order chi connectivity index (χ0) is 19.9. The molecule has 154 valence electrons. The molecular weight excluding hydrogens is 358 g/mol. The summed E-state index contributed by atoms with van der Waals surface area (Å²) in [5, 5.41) is 22.7. The molecule has 0 aromatic carbocycles. The van der Waals surface area contributed by atoms with Gasteiger partial charge in [-0.2, -0.15) is 0 Å². The van der Waals surface area contributed by atoms with Crippen LogP contribution in [0.4, 0.5) is 11.6 Å². The lowest BCUT2D eigenvalue weighted by Crippen LogP contribution is -2.47. The largest absolute Gasteiger partial charge is 0.393 e. The molecule has 3 heterocycles. The molecule has 0 spiro atoms. The van der Waals surface area contributed by atoms with Crippen molar-refractivity contribution in [1.82, 2.24) is 15.0 Å². The van der Waals surface area contributed by atoms with Crippen LogP contribution in [-0.4, -0.2) is 49.8 Å². The number of aliphatic hydroxyl groups is 2. The Morgan fingerprint density at radius 1 is 1.18 bits per heavy atom. The number of pyridine rings is 1. The fraction of sp³-hybridized carbons (Fsp3) is 0.500. The second-order valence-electron chi connectivity index (χ2n) is 8.06. The molecule has 0 unspecified atom stereocenters. The summed E-state index contributed by atoms with van der Waals surface area (Å²) in [7, 11) is 0. The second kappa shape index (κ2) is 7.10. The Bertz CT molecular complexity index is 885. The fourth-order valence-electron chi connectivity index (χ4n) is 3.79. The zero-order valence-corrected chi connectivity index (χ0v) is 16.1. The van der Waals surface area contributed by atoms with E-state index in [1.165, 1.54) is 0 Å². The van der Waals surface area contributed by atoms with Crippen LogP contribution in [0, 0.1) is 0 Å². The van der Waals surface area contributed by atoms with Gasteiger partial charge in [-0.15, -0.1) is 0 Å². The summed E-state index contributed by atoms with van der Waals surface area (Å²) in [4.78, 5) is 27.7. The molecule has 0 radical (unpaired) electrons. The maximum Gasteiger partial charge on any atom is 0.245 e. The third-order valence-electron chi connectivity index (χ3n) is 5.39. The quantitative estimate of drug-likeness (QED) is 0.740. The van der Waals surface area contributed by atoms with Crippen LogP contribution in [0.15, 0.2) is 24.5 Å². The Labute approximate surface area is 168 Å². The van der Waals surface area contributed by atoms with Crippen molar-refractivity contribution in [2.75, 3.05) is 16.8 Å². The Hall–Kier alpha value is -2.58. The first kappa shape index (κ1) is 18.8. The number of fused-ring (bicyclic) bond motifs is 1. The molecule has 1 saturated carbocycles. The lowest BCUT2D eigenvalue weighted by atomic mass is 9.91. The van der Waals surface area contributed by atoms with Crippen molar-refractivity contribution in [2.24, 2.45) is 0 Å². The molecule has 2 aromatic rings. The molecule has 4 rings (SSSR count). The minimum Gasteiger partial charge on any atom is -0.393 e. The first-order valence-corrected chi connectivity index (χ1v) is 9.62. The maximum absolute atomic E-state index is 12.1. The van der Waals surface area contributed by atoms with E-state index in [-0.39, 0.29) is 28.9 Å². The van der Waals surface area contributed by atoms with Crippen LogP contribution >= 0.6 is 0 Å². The molecule has 1 amide bonds. The number of rotatable bonds is 3. The van der Waals surface area contributed by atoms with Gasteiger partial charge in [0.25, 0.3) is 0 Å². The SMILES string of the molecule is CC(C)(O)c1ccc(-c2cnc3c(n2)N(C2CCC(O)CC2)CC(=O)N3)cn1.[HH].[HH].[HH]. The summed E-state index contributed by atoms with van der Waals surface area (Å²) in [6.07, 6.45) is 6.14. The van der Waals surface area contributed by atoms with E-state index in [1.54, 1.807) is 32.3 Å². The van der Waals surface area contributed by atoms with Gasteiger partial charge in [0.1, 0.15) is 5.60 Å². The van der Waals surface area contributed by atoms with Gasteiger partial charge in [-0.1, -0.05) is 0 Å². The normalized spacial score (nSPS) is 22.6. The highest BCUT2D eigenvalue weighted by atomic mass is 16.3. The maximum atomic E-state index is 12.1. The first-order chi connectivity index (χ1) is 13.3. The number of nitrogens with zero attached hydrogens (tertiary/aromatic N) is 4. The molecule has 8 heteroatoms. The Morgan fingerprint density at radius 2 is 1.93 bits per heavy atom. The van der Waals surface area contributed by atoms with Gasteiger partial charge in [-0.05, 0) is 51.7 Å². The minimum absolute atomic E-state index is 0. The highest BCUT2D eigenvalue weighted by molar-refractivity contribution is 5.99. The molecule has 1 fully saturated rings. The van der Waals surface area contributed by atoms with E-state index in [0.29, 0.717) is 23.0 Å². The molecular formula is C20H31N5O3. The van der Waals surface area contributed by atoms with Crippen molar-refractivity contribution in [3.63, 3.8) is 0 Å². The van der Waals surface area contributed by atoms with Crippen LogP contribution in [0.5, 0.6) is 0 Å². The van der Waals surface area contributed by atoms with E-state index < -0.39 is 5.60 Å². The van der Waals surface area contributed by atoms with Gasteiger partial charge in [-0.25, -0.2) is 9.97 Å². The van der Waals surface area contributed by atoms with Crippen molar-refractivity contribution in [1.29, 1.82) is 0 Å². The standard InChI is InChI=1S/C20H25N5O3.3H2/c1-20(2,28)16-8-3-12(9-21-16)15-10-22-18-19(23-15)25(11-17(27)24-18)13-4-6-14(26)7-5-13;;;/h3,8-10,13-14,26,28H,4-7,11H2,1-2H3,(H,22,24,27);3*1H. The van der Waals surface area contributed by atoms with E-state index in [0.717, 1.165) is 31.2 Å². The molecule has 1 aliphatic heterocycles. The highest BCUT2D eigenvalue weighted by Crippen LogP contribution is 2.34. The molecule has 0 bridgehead atoms. The van der Waals surface area contributed by atoms with Crippen molar-refractivity contribution in [3.8, 4) is 11.3 Å². The summed E-state index contributed by atoms with van der Waals surface area (Å²) < 4.78 is 0. The van der Waals surface area contributed by atoms with Gasteiger partial charge in [0.15, 0.2) is 11.6 Å². The lowest BCUT2D eigenvalue weighted by molar-refractivity contribution is -0.115. The number of anilines is 2. The number of nitrogens with one attached hydrogen (secondary N) is 1. The van der Waals surface area contributed by atoms with Gasteiger partial charge >= 0.3 is 0 Å². The molecule has 2 aromatic heterocycles. The minimum atomic E-state index is -1.01. The van der Waals surface area contributed by atoms with Crippen LogP contribution in [0.1, 0.15) is 49.5 Å². The average Bonchev–Trinajstić information content (AvgIpc) is 2.67. The molecule has 2 aliphatic rings. The number of aromatic nitrogens is 3. The van der Waals surface area contributed by atoms with Gasteiger partial charge in [0.05, 0.1) is 30.2 Å². The second-order valence-corrected chi connectivity index (χ2v) is 8.06. The van der Waals surface area contributed by atoms with Crippen LogP contribution in [-0.2, 0) is 10.4 Å². The molecule has 8 nitrogen and oxygen atoms in total. The third-order valence-corrected chi connectivity index (χ3v) is 5.39. The van der Waals surface area contributed by atoms with Crippen molar-refractivity contribution in [2.45, 2.75) is 57.3 Å². The Balaban J connectivity index is 0.00000160. The predicted molar refractivity (Wildman–Crippen MR) is 111 cm³/mol. The van der Waals surface area contributed by atoms with Gasteiger partial charge in [-0.3, -0.25) is 9.78 Å². The van der Waals surface area contributed by atoms with E-state index >= 15 is 0 Å². The fourth-order valence-corrected chi connectivity index (χ4v) is 3.79. The topological polar surface area (TPSA) is 111 Å². The average molecular weight is 390 g/mol. The summed E-state index contributed by atoms with van der Waals surface area (Å²) in [6.45, 7) is 3.62. The Morgan fingerprint density at radius 3 is 2.57 bits per heavy atom. The number of amides is 1. The summed E-state index contributed by atoms with van der Waals surface area (Å²) in [6, 6.07) is 3.80. The Kier molecular flexibility index (Phi) is 4.76. The summed E-state index contributed by atoms with van der Waals surface area (Å²) in [5.41, 5.74) is 1.02. The summed E-state index contributed by atoms with van der Waals surface area (Å²) in [5.74, 6) is 1.02. The highest BCUT2D eigenvalue weighted by Gasteiger charge is 2.33. The van der Waals surface area contributed by atoms with Crippen molar-refractivity contribution >= 4 is 17.5 Å². The predicted octanol–water partition coefficient (Wildman–Crippen LogP) is 2.57. The van der Waals surface area contributed by atoms with Crippen LogP contribution in [0.3, 0.4) is 0 Å². The molecule has 3 N–H and O–H groups in total. The van der Waals surface area contributed by atoms with Gasteiger partial charge in [0.2, 0.25) is 5.91 Å². The van der Waals surface area contributed by atoms with E-state index in [4.69, 9.17) is 4.98 Å². The third kappa shape index (κ3) is 3.70. The first-order valence-electron chi connectivity index (χ1n) is 9.62. The van der Waals surface area contributed by atoms with E-state index in [1.807, 2.05) is 11.0 Å². The zero-order valence-electron chi connectivity index (χ0n) is 16.1. The molecule has 0 saturated heterocycles. The lowest BCUT2D eigenvalue weighted by Gasteiger charge is -2.38. The molecule has 0 atom stereocenters. The number of hydrogen-bond donors (Lipinski definition) is 3. The molecule has 28 heavy (non-hydrogen) atoms. The smallest absolute Gasteiger partial charge is 0.245 e. The van der Waals surface area contributed by atoms with Crippen molar-refractivity contribution in [3.05, 3.63) is 30.2 Å². The van der Waals surface area contributed by atoms with Crippen LogP contribution in [0.2, 0.25) is 0 Å². The number of carbonyl (C=O) groups excluding carboxylic acids is 1.